The largest absolute Gasteiger partial charge is 0.396 e. The fraction of sp³-hybridized carbons (Fsp3) is 0.600. The van der Waals surface area contributed by atoms with Crippen LogP contribution in [0.15, 0.2) is 6.20 Å². The van der Waals surface area contributed by atoms with Crippen LogP contribution in [0, 0.1) is 12.8 Å². The summed E-state index contributed by atoms with van der Waals surface area (Å²) in [5.74, 6) is -0.0626. The number of hydrogen-bond acceptors (Lipinski definition) is 4. The van der Waals surface area contributed by atoms with Gasteiger partial charge in [0.25, 0.3) is 5.91 Å². The lowest BCUT2D eigenvalue weighted by atomic mass is 10.00. The number of rotatable bonds is 3. The van der Waals surface area contributed by atoms with Crippen molar-refractivity contribution in [1.29, 1.82) is 0 Å². The highest BCUT2D eigenvalue weighted by Gasteiger charge is 2.22. The number of aryl methyl sites for hydroxylation is 1. The molecule has 0 aromatic carbocycles. The van der Waals surface area contributed by atoms with E-state index in [1.165, 1.54) is 10.9 Å². The van der Waals surface area contributed by atoms with Crippen molar-refractivity contribution in [3.8, 4) is 0 Å². The summed E-state index contributed by atoms with van der Waals surface area (Å²) in [4.78, 5) is 11.8. The molecule has 0 amide bonds. The Labute approximate surface area is 89.4 Å². The van der Waals surface area contributed by atoms with E-state index in [1.807, 2.05) is 13.8 Å². The van der Waals surface area contributed by atoms with E-state index < -0.39 is 6.04 Å². The third kappa shape index (κ3) is 2.36. The molecule has 5 heteroatoms. The second-order valence-corrected chi connectivity index (χ2v) is 3.86. The molecule has 0 aliphatic heterocycles. The minimum atomic E-state index is -0.520. The van der Waals surface area contributed by atoms with Crippen LogP contribution >= 0.6 is 0 Å². The number of anilines is 1. The Balaban J connectivity index is 2.85. The summed E-state index contributed by atoms with van der Waals surface area (Å²) < 4.78 is 1.24. The molecule has 0 fully saturated rings. The van der Waals surface area contributed by atoms with Gasteiger partial charge in [-0.25, -0.2) is 4.68 Å². The predicted octanol–water partition coefficient (Wildman–Crippen LogP) is 0.787. The molecular weight excluding hydrogens is 192 g/mol. The lowest BCUT2D eigenvalue weighted by Crippen LogP contribution is -2.40. The van der Waals surface area contributed by atoms with Gasteiger partial charge in [-0.1, -0.05) is 20.3 Å². The predicted molar refractivity (Wildman–Crippen MR) is 59.4 cm³/mol. The van der Waals surface area contributed by atoms with Crippen molar-refractivity contribution in [2.24, 2.45) is 11.7 Å². The van der Waals surface area contributed by atoms with Crippen LogP contribution in [0.5, 0.6) is 0 Å². The van der Waals surface area contributed by atoms with Crippen LogP contribution in [0.3, 0.4) is 0 Å². The van der Waals surface area contributed by atoms with E-state index in [1.54, 1.807) is 6.92 Å². The third-order valence-electron chi connectivity index (χ3n) is 2.70. The smallest absolute Gasteiger partial charge is 0.264 e. The molecule has 0 bridgehead atoms. The van der Waals surface area contributed by atoms with Gasteiger partial charge >= 0.3 is 0 Å². The van der Waals surface area contributed by atoms with Crippen LogP contribution in [-0.2, 0) is 0 Å². The molecule has 2 atom stereocenters. The van der Waals surface area contributed by atoms with Crippen molar-refractivity contribution in [2.45, 2.75) is 33.2 Å². The molecule has 4 N–H and O–H groups in total. The quantitative estimate of drug-likeness (QED) is 0.772. The van der Waals surface area contributed by atoms with Gasteiger partial charge in [0.1, 0.15) is 0 Å². The summed E-state index contributed by atoms with van der Waals surface area (Å²) >= 11 is 0. The molecular formula is C10H18N4O. The fourth-order valence-electron chi connectivity index (χ4n) is 1.24. The summed E-state index contributed by atoms with van der Waals surface area (Å²) in [6.07, 6.45) is 2.38. The molecule has 0 aliphatic rings. The zero-order valence-corrected chi connectivity index (χ0v) is 9.40. The maximum absolute atomic E-state index is 11.8. The average Bonchev–Trinajstić information content (AvgIpc) is 2.56. The Kier molecular flexibility index (Phi) is 3.47. The summed E-state index contributed by atoms with van der Waals surface area (Å²) in [5.41, 5.74) is 12.6. The lowest BCUT2D eigenvalue weighted by Gasteiger charge is -2.16. The standard InChI is InChI=1S/C10H18N4O/c1-4-6(2)9(12)10(15)14-5-8(11)7(3)13-14/h5-6,9H,4,11-12H2,1-3H3/t6-,9-/m0/s1. The molecule has 0 unspecified atom stereocenters. The lowest BCUT2D eigenvalue weighted by molar-refractivity contribution is 0.0834. The van der Waals surface area contributed by atoms with E-state index in [9.17, 15) is 4.79 Å². The molecule has 84 valence electrons. The first-order valence-corrected chi connectivity index (χ1v) is 5.08. The SMILES string of the molecule is CC[C@H](C)[C@H](N)C(=O)n1cc(N)c(C)n1. The Bertz CT molecular complexity index is 339. The van der Waals surface area contributed by atoms with Gasteiger partial charge in [0.15, 0.2) is 0 Å². The summed E-state index contributed by atoms with van der Waals surface area (Å²) in [7, 11) is 0. The molecule has 1 aromatic heterocycles. The van der Waals surface area contributed by atoms with E-state index in [4.69, 9.17) is 11.5 Å². The molecule has 5 nitrogen and oxygen atoms in total. The van der Waals surface area contributed by atoms with Crippen LogP contribution in [0.4, 0.5) is 5.69 Å². The van der Waals surface area contributed by atoms with Crippen molar-refractivity contribution < 1.29 is 4.79 Å². The number of hydrogen-bond donors (Lipinski definition) is 2. The zero-order chi connectivity index (χ0) is 11.6. The first-order chi connectivity index (χ1) is 6.97. The highest BCUT2D eigenvalue weighted by molar-refractivity contribution is 5.84. The van der Waals surface area contributed by atoms with E-state index in [0.29, 0.717) is 11.4 Å². The van der Waals surface area contributed by atoms with Gasteiger partial charge in [-0.05, 0) is 12.8 Å². The molecule has 1 aromatic rings. The average molecular weight is 210 g/mol. The van der Waals surface area contributed by atoms with Crippen LogP contribution < -0.4 is 11.5 Å². The highest BCUT2D eigenvalue weighted by Crippen LogP contribution is 2.11. The van der Waals surface area contributed by atoms with Crippen LogP contribution in [0.2, 0.25) is 0 Å². The molecule has 15 heavy (non-hydrogen) atoms. The van der Waals surface area contributed by atoms with Gasteiger partial charge in [-0.2, -0.15) is 5.10 Å². The molecule has 0 saturated carbocycles. The van der Waals surface area contributed by atoms with Crippen LogP contribution in [0.1, 0.15) is 30.8 Å². The van der Waals surface area contributed by atoms with Gasteiger partial charge in [0.2, 0.25) is 0 Å². The molecule has 0 radical (unpaired) electrons. The number of nitrogens with two attached hydrogens (primary N) is 2. The summed E-state index contributed by atoms with van der Waals surface area (Å²) in [6, 6.07) is -0.520. The van der Waals surface area contributed by atoms with Crippen molar-refractivity contribution in [3.63, 3.8) is 0 Å². The highest BCUT2D eigenvalue weighted by atomic mass is 16.2. The van der Waals surface area contributed by atoms with Gasteiger partial charge in [0, 0.05) is 0 Å². The van der Waals surface area contributed by atoms with Crippen molar-refractivity contribution in [2.75, 3.05) is 5.73 Å². The Morgan fingerprint density at radius 1 is 1.67 bits per heavy atom. The molecule has 1 heterocycles. The second kappa shape index (κ2) is 4.44. The number of carbonyl (C=O) groups is 1. The van der Waals surface area contributed by atoms with E-state index in [-0.39, 0.29) is 11.8 Å². The number of nitrogens with zero attached hydrogens (tertiary/aromatic N) is 2. The Hall–Kier alpha value is -1.36. The van der Waals surface area contributed by atoms with E-state index in [2.05, 4.69) is 5.10 Å². The zero-order valence-electron chi connectivity index (χ0n) is 9.40. The van der Waals surface area contributed by atoms with Gasteiger partial charge in [-0.15, -0.1) is 0 Å². The second-order valence-electron chi connectivity index (χ2n) is 3.86. The monoisotopic (exact) mass is 210 g/mol. The van der Waals surface area contributed by atoms with Crippen LogP contribution in [0.25, 0.3) is 0 Å². The van der Waals surface area contributed by atoms with Crippen LogP contribution in [-0.4, -0.2) is 21.7 Å². The first-order valence-electron chi connectivity index (χ1n) is 5.08. The molecule has 0 saturated heterocycles. The van der Waals surface area contributed by atoms with Gasteiger partial charge in [0.05, 0.1) is 23.6 Å². The van der Waals surface area contributed by atoms with E-state index >= 15 is 0 Å². The topological polar surface area (TPSA) is 86.9 Å². The molecule has 1 rings (SSSR count). The Morgan fingerprint density at radius 3 is 2.67 bits per heavy atom. The maximum Gasteiger partial charge on any atom is 0.264 e. The molecule has 0 spiro atoms. The number of nitrogen functional groups attached to an aromatic ring is 1. The minimum Gasteiger partial charge on any atom is -0.396 e. The Morgan fingerprint density at radius 2 is 2.27 bits per heavy atom. The summed E-state index contributed by atoms with van der Waals surface area (Å²) in [6.45, 7) is 5.71. The number of aromatic nitrogens is 2. The van der Waals surface area contributed by atoms with Gasteiger partial charge < -0.3 is 11.5 Å². The normalized spacial score (nSPS) is 14.9. The first kappa shape index (κ1) is 11.7. The maximum atomic E-state index is 11.8. The van der Waals surface area contributed by atoms with E-state index in [0.717, 1.165) is 6.42 Å². The minimum absolute atomic E-state index is 0.142. The van der Waals surface area contributed by atoms with Crippen molar-refractivity contribution in [3.05, 3.63) is 11.9 Å². The third-order valence-corrected chi connectivity index (χ3v) is 2.70. The van der Waals surface area contributed by atoms with Crippen molar-refractivity contribution >= 4 is 11.6 Å². The number of carbonyl (C=O) groups excluding carboxylic acids is 1. The molecule has 0 aliphatic carbocycles. The fourth-order valence-corrected chi connectivity index (χ4v) is 1.24. The van der Waals surface area contributed by atoms with Gasteiger partial charge in [-0.3, -0.25) is 4.79 Å². The summed E-state index contributed by atoms with van der Waals surface area (Å²) in [5, 5.41) is 4.01. The van der Waals surface area contributed by atoms with Crippen molar-refractivity contribution in [1.82, 2.24) is 9.78 Å².